The highest BCUT2D eigenvalue weighted by atomic mass is 16.3. The highest BCUT2D eigenvalue weighted by molar-refractivity contribution is 4.79. The van der Waals surface area contributed by atoms with Gasteiger partial charge in [-0.1, -0.05) is 20.8 Å². The molecule has 2 nitrogen and oxygen atoms in total. The first-order valence-electron chi connectivity index (χ1n) is 4.58. The van der Waals surface area contributed by atoms with Gasteiger partial charge in [-0.3, -0.25) is 0 Å². The van der Waals surface area contributed by atoms with Crippen LogP contribution in [0.1, 0.15) is 33.6 Å². The fourth-order valence-corrected chi connectivity index (χ4v) is 1.25. The van der Waals surface area contributed by atoms with Crippen LogP contribution in [-0.2, 0) is 0 Å². The van der Waals surface area contributed by atoms with Gasteiger partial charge in [-0.25, -0.2) is 0 Å². The smallest absolute Gasteiger partial charge is 0.0496 e. The summed E-state index contributed by atoms with van der Waals surface area (Å²) in [6.45, 7) is 8.54. The van der Waals surface area contributed by atoms with Crippen molar-refractivity contribution in [2.45, 2.75) is 33.6 Å². The van der Waals surface area contributed by atoms with Gasteiger partial charge in [0.1, 0.15) is 0 Å². The van der Waals surface area contributed by atoms with E-state index < -0.39 is 0 Å². The molecule has 1 aliphatic rings. The van der Waals surface area contributed by atoms with Gasteiger partial charge >= 0.3 is 0 Å². The Balaban J connectivity index is 0.000000461. The standard InChI is InChI=1S/C7H15NO.C2H6/c1-7(6-9)3-2-4-8-5-7;1-2/h8-9H,2-6H2,1H3;1-2H3. The molecular formula is C9H21NO. The van der Waals surface area contributed by atoms with Crippen LogP contribution in [0.4, 0.5) is 0 Å². The maximum Gasteiger partial charge on any atom is 0.0496 e. The minimum Gasteiger partial charge on any atom is -0.396 e. The second-order valence-electron chi connectivity index (χ2n) is 3.25. The molecule has 2 N–H and O–H groups in total. The molecule has 0 aromatic rings. The Hall–Kier alpha value is -0.0800. The molecule has 0 amide bonds. The Morgan fingerprint density at radius 2 is 2.09 bits per heavy atom. The molecule has 1 atom stereocenters. The van der Waals surface area contributed by atoms with E-state index in [1.54, 1.807) is 0 Å². The Kier molecular flexibility index (Phi) is 5.51. The molecule has 68 valence electrons. The van der Waals surface area contributed by atoms with Gasteiger partial charge < -0.3 is 10.4 Å². The van der Waals surface area contributed by atoms with E-state index >= 15 is 0 Å². The summed E-state index contributed by atoms with van der Waals surface area (Å²) in [5.41, 5.74) is 0.165. The number of hydrogen-bond donors (Lipinski definition) is 2. The highest BCUT2D eigenvalue weighted by Gasteiger charge is 2.24. The largest absolute Gasteiger partial charge is 0.396 e. The fourth-order valence-electron chi connectivity index (χ4n) is 1.25. The topological polar surface area (TPSA) is 32.3 Å². The predicted molar refractivity (Wildman–Crippen MR) is 48.6 cm³/mol. The van der Waals surface area contributed by atoms with Crippen molar-refractivity contribution >= 4 is 0 Å². The molecule has 1 rings (SSSR count). The zero-order valence-corrected chi connectivity index (χ0v) is 7.98. The monoisotopic (exact) mass is 159 g/mol. The molecule has 0 saturated carbocycles. The maximum absolute atomic E-state index is 8.91. The lowest BCUT2D eigenvalue weighted by atomic mass is 9.84. The fraction of sp³-hybridized carbons (Fsp3) is 1.00. The summed E-state index contributed by atoms with van der Waals surface area (Å²) in [5, 5.41) is 12.2. The Morgan fingerprint density at radius 1 is 1.45 bits per heavy atom. The second-order valence-corrected chi connectivity index (χ2v) is 3.25. The Bertz CT molecular complexity index is 87.6. The quantitative estimate of drug-likeness (QED) is 0.606. The molecule has 1 aliphatic heterocycles. The lowest BCUT2D eigenvalue weighted by Gasteiger charge is -2.31. The van der Waals surface area contributed by atoms with Crippen molar-refractivity contribution < 1.29 is 5.11 Å². The summed E-state index contributed by atoms with van der Waals surface area (Å²) in [6.07, 6.45) is 2.37. The second kappa shape index (κ2) is 5.56. The van der Waals surface area contributed by atoms with E-state index in [0.717, 1.165) is 19.5 Å². The van der Waals surface area contributed by atoms with E-state index in [0.29, 0.717) is 6.61 Å². The van der Waals surface area contributed by atoms with Crippen LogP contribution in [0, 0.1) is 5.41 Å². The third kappa shape index (κ3) is 3.73. The van der Waals surface area contributed by atoms with Crippen LogP contribution in [0.5, 0.6) is 0 Å². The first-order valence-corrected chi connectivity index (χ1v) is 4.58. The van der Waals surface area contributed by atoms with Crippen LogP contribution >= 0.6 is 0 Å². The third-order valence-corrected chi connectivity index (χ3v) is 2.07. The number of rotatable bonds is 1. The molecule has 0 bridgehead atoms. The lowest BCUT2D eigenvalue weighted by Crippen LogP contribution is -2.40. The van der Waals surface area contributed by atoms with Crippen LogP contribution in [-0.4, -0.2) is 24.8 Å². The zero-order valence-electron chi connectivity index (χ0n) is 7.98. The molecule has 2 heteroatoms. The average molecular weight is 159 g/mol. The number of hydrogen-bond acceptors (Lipinski definition) is 2. The summed E-state index contributed by atoms with van der Waals surface area (Å²) in [5.74, 6) is 0. The van der Waals surface area contributed by atoms with E-state index in [1.165, 1.54) is 6.42 Å². The van der Waals surface area contributed by atoms with Crippen LogP contribution in [0.3, 0.4) is 0 Å². The summed E-state index contributed by atoms with van der Waals surface area (Å²) >= 11 is 0. The minimum absolute atomic E-state index is 0.165. The van der Waals surface area contributed by atoms with E-state index in [2.05, 4.69) is 12.2 Å². The SMILES string of the molecule is CC.CC1(CO)CCCNC1. The lowest BCUT2D eigenvalue weighted by molar-refractivity contribution is 0.113. The van der Waals surface area contributed by atoms with E-state index in [-0.39, 0.29) is 5.41 Å². The number of aliphatic hydroxyl groups is 1. The molecular weight excluding hydrogens is 138 g/mol. The van der Waals surface area contributed by atoms with Crippen molar-refractivity contribution in [3.8, 4) is 0 Å². The van der Waals surface area contributed by atoms with Gasteiger partial charge in [-0.05, 0) is 19.4 Å². The molecule has 0 radical (unpaired) electrons. The van der Waals surface area contributed by atoms with E-state index in [1.807, 2.05) is 13.8 Å². The third-order valence-electron chi connectivity index (χ3n) is 2.07. The van der Waals surface area contributed by atoms with Crippen LogP contribution < -0.4 is 5.32 Å². The van der Waals surface area contributed by atoms with Gasteiger partial charge in [0, 0.05) is 18.6 Å². The summed E-state index contributed by atoms with van der Waals surface area (Å²) in [4.78, 5) is 0. The van der Waals surface area contributed by atoms with Crippen molar-refractivity contribution in [2.24, 2.45) is 5.41 Å². The molecule has 0 aliphatic carbocycles. The van der Waals surface area contributed by atoms with Gasteiger partial charge in [-0.2, -0.15) is 0 Å². The molecule has 1 fully saturated rings. The number of piperidine rings is 1. The van der Waals surface area contributed by atoms with Crippen molar-refractivity contribution in [1.82, 2.24) is 5.32 Å². The van der Waals surface area contributed by atoms with Crippen LogP contribution in [0.2, 0.25) is 0 Å². The predicted octanol–water partition coefficient (Wildman–Crippen LogP) is 1.39. The molecule has 0 aromatic carbocycles. The molecule has 0 spiro atoms. The molecule has 1 unspecified atom stereocenters. The van der Waals surface area contributed by atoms with Gasteiger partial charge in [0.15, 0.2) is 0 Å². The van der Waals surface area contributed by atoms with Crippen LogP contribution in [0.15, 0.2) is 0 Å². The number of nitrogens with one attached hydrogen (secondary N) is 1. The maximum atomic E-state index is 8.91. The van der Waals surface area contributed by atoms with Crippen molar-refractivity contribution in [3.05, 3.63) is 0 Å². The van der Waals surface area contributed by atoms with Gasteiger partial charge in [0.05, 0.1) is 0 Å². The molecule has 1 saturated heterocycles. The molecule has 1 heterocycles. The number of aliphatic hydroxyl groups excluding tert-OH is 1. The Labute approximate surface area is 70.0 Å². The van der Waals surface area contributed by atoms with E-state index in [4.69, 9.17) is 5.11 Å². The van der Waals surface area contributed by atoms with E-state index in [9.17, 15) is 0 Å². The van der Waals surface area contributed by atoms with Gasteiger partial charge in [0.25, 0.3) is 0 Å². The molecule has 0 aromatic heterocycles. The molecule has 11 heavy (non-hydrogen) atoms. The normalized spacial score (nSPS) is 30.5. The van der Waals surface area contributed by atoms with Crippen molar-refractivity contribution in [3.63, 3.8) is 0 Å². The Morgan fingerprint density at radius 3 is 2.36 bits per heavy atom. The zero-order chi connectivity index (χ0) is 8.74. The summed E-state index contributed by atoms with van der Waals surface area (Å²) in [7, 11) is 0. The summed E-state index contributed by atoms with van der Waals surface area (Å²) < 4.78 is 0. The van der Waals surface area contributed by atoms with Crippen LogP contribution in [0.25, 0.3) is 0 Å². The van der Waals surface area contributed by atoms with Crippen molar-refractivity contribution in [1.29, 1.82) is 0 Å². The summed E-state index contributed by atoms with van der Waals surface area (Å²) in [6, 6.07) is 0. The first kappa shape index (κ1) is 10.9. The minimum atomic E-state index is 0.165. The first-order chi connectivity index (χ1) is 5.27. The van der Waals surface area contributed by atoms with Crippen molar-refractivity contribution in [2.75, 3.05) is 19.7 Å². The van der Waals surface area contributed by atoms with Gasteiger partial charge in [0.2, 0.25) is 0 Å². The van der Waals surface area contributed by atoms with Gasteiger partial charge in [-0.15, -0.1) is 0 Å². The average Bonchev–Trinajstić information content (AvgIpc) is 2.10. The highest BCUT2D eigenvalue weighted by Crippen LogP contribution is 2.23.